The average Bonchev–Trinajstić information content (AvgIpc) is 3.04. The lowest BCUT2D eigenvalue weighted by atomic mass is 10.2. The summed E-state index contributed by atoms with van der Waals surface area (Å²) in [6.45, 7) is 10.3. The highest BCUT2D eigenvalue weighted by molar-refractivity contribution is 5.79. The Hall–Kier alpha value is -2.17. The Kier molecular flexibility index (Phi) is 4.73. The van der Waals surface area contributed by atoms with Crippen molar-refractivity contribution in [3.05, 3.63) is 30.2 Å². The summed E-state index contributed by atoms with van der Waals surface area (Å²) in [5, 5.41) is 8.33. The third-order valence-electron chi connectivity index (χ3n) is 2.83. The van der Waals surface area contributed by atoms with Crippen LogP contribution in [0.15, 0.2) is 28.9 Å². The first-order chi connectivity index (χ1) is 10.1. The minimum absolute atomic E-state index is 0.296. The predicted molar refractivity (Wildman–Crippen MR) is 84.1 cm³/mol. The van der Waals surface area contributed by atoms with Crippen molar-refractivity contribution in [1.82, 2.24) is 20.0 Å². The lowest BCUT2D eigenvalue weighted by Gasteiger charge is -2.04. The fourth-order valence-corrected chi connectivity index (χ4v) is 1.94. The molecule has 3 rings (SSSR count). The van der Waals surface area contributed by atoms with E-state index in [1.807, 2.05) is 29.8 Å². The molecule has 0 N–H and O–H groups in total. The molecule has 5 nitrogen and oxygen atoms in total. The van der Waals surface area contributed by atoms with Crippen LogP contribution >= 0.6 is 0 Å². The van der Waals surface area contributed by atoms with Crippen LogP contribution in [0.3, 0.4) is 0 Å². The van der Waals surface area contributed by atoms with Crippen molar-refractivity contribution in [2.75, 3.05) is 0 Å². The third kappa shape index (κ3) is 3.29. The standard InChI is InChI=1S/C13H14N4O.C3H8/c1-8(2)17-12-5-4-10(6-11(12)15-16-17)13-14-9(3)7-18-13;1-3-2/h4-8H,1-3H3;3H2,1-2H3. The van der Waals surface area contributed by atoms with Crippen LogP contribution in [0, 0.1) is 6.92 Å². The van der Waals surface area contributed by atoms with Gasteiger partial charge in [0.1, 0.15) is 11.8 Å². The number of aryl methyl sites for hydroxylation is 1. The Balaban J connectivity index is 0.000000497. The highest BCUT2D eigenvalue weighted by Gasteiger charge is 2.10. The number of benzene rings is 1. The van der Waals surface area contributed by atoms with E-state index >= 15 is 0 Å². The Labute approximate surface area is 125 Å². The summed E-state index contributed by atoms with van der Waals surface area (Å²) < 4.78 is 7.29. The largest absolute Gasteiger partial charge is 0.444 e. The van der Waals surface area contributed by atoms with Gasteiger partial charge in [0.05, 0.1) is 11.2 Å². The second kappa shape index (κ2) is 6.52. The summed E-state index contributed by atoms with van der Waals surface area (Å²) in [5.41, 5.74) is 3.68. The topological polar surface area (TPSA) is 56.7 Å². The molecule has 0 aliphatic heterocycles. The van der Waals surface area contributed by atoms with Crippen LogP contribution in [0.4, 0.5) is 0 Å². The predicted octanol–water partition coefficient (Wildman–Crippen LogP) is 4.39. The molecule has 0 unspecified atom stereocenters. The molecular weight excluding hydrogens is 264 g/mol. The maximum absolute atomic E-state index is 5.39. The summed E-state index contributed by atoms with van der Waals surface area (Å²) in [6, 6.07) is 6.23. The van der Waals surface area contributed by atoms with Gasteiger partial charge in [0.2, 0.25) is 5.89 Å². The van der Waals surface area contributed by atoms with Crippen LogP contribution in [0.2, 0.25) is 0 Å². The zero-order valence-corrected chi connectivity index (χ0v) is 13.3. The Morgan fingerprint density at radius 3 is 2.52 bits per heavy atom. The fraction of sp³-hybridized carbons (Fsp3) is 0.438. The maximum atomic E-state index is 5.39. The second-order valence-electron chi connectivity index (χ2n) is 5.33. The highest BCUT2D eigenvalue weighted by atomic mass is 16.3. The first-order valence-corrected chi connectivity index (χ1v) is 7.34. The maximum Gasteiger partial charge on any atom is 0.226 e. The van der Waals surface area contributed by atoms with Crippen LogP contribution in [0.5, 0.6) is 0 Å². The smallest absolute Gasteiger partial charge is 0.226 e. The van der Waals surface area contributed by atoms with Crippen LogP contribution in [0.25, 0.3) is 22.5 Å². The van der Waals surface area contributed by atoms with Gasteiger partial charge in [-0.1, -0.05) is 25.5 Å². The second-order valence-corrected chi connectivity index (χ2v) is 5.33. The van der Waals surface area contributed by atoms with E-state index in [0.29, 0.717) is 11.9 Å². The number of oxazole rings is 1. The minimum Gasteiger partial charge on any atom is -0.444 e. The first kappa shape index (κ1) is 15.2. The summed E-state index contributed by atoms with van der Waals surface area (Å²) in [5.74, 6) is 0.619. The van der Waals surface area contributed by atoms with E-state index in [9.17, 15) is 0 Å². The fourth-order valence-electron chi connectivity index (χ4n) is 1.94. The Morgan fingerprint density at radius 2 is 1.95 bits per heavy atom. The number of hydrogen-bond acceptors (Lipinski definition) is 4. The Bertz CT molecular complexity index is 712. The summed E-state index contributed by atoms with van der Waals surface area (Å²) in [4.78, 5) is 4.31. The monoisotopic (exact) mass is 286 g/mol. The molecule has 0 spiro atoms. The number of hydrogen-bond donors (Lipinski definition) is 0. The van der Waals surface area contributed by atoms with Gasteiger partial charge >= 0.3 is 0 Å². The summed E-state index contributed by atoms with van der Waals surface area (Å²) >= 11 is 0. The van der Waals surface area contributed by atoms with Crippen molar-refractivity contribution in [1.29, 1.82) is 0 Å². The molecule has 112 valence electrons. The molecule has 2 aromatic heterocycles. The molecule has 0 amide bonds. The molecule has 3 aromatic rings. The van der Waals surface area contributed by atoms with Gasteiger partial charge in [0.25, 0.3) is 0 Å². The first-order valence-electron chi connectivity index (χ1n) is 7.34. The Morgan fingerprint density at radius 1 is 1.24 bits per heavy atom. The van der Waals surface area contributed by atoms with E-state index < -0.39 is 0 Å². The van der Waals surface area contributed by atoms with Crippen LogP contribution in [0.1, 0.15) is 45.9 Å². The van der Waals surface area contributed by atoms with Gasteiger partial charge in [-0.05, 0) is 39.0 Å². The van der Waals surface area contributed by atoms with Crippen molar-refractivity contribution in [2.24, 2.45) is 0 Å². The molecule has 2 heterocycles. The molecule has 0 aliphatic carbocycles. The van der Waals surface area contributed by atoms with Crippen molar-refractivity contribution < 1.29 is 4.42 Å². The van der Waals surface area contributed by atoms with E-state index in [1.165, 1.54) is 6.42 Å². The molecule has 0 bridgehead atoms. The van der Waals surface area contributed by atoms with Gasteiger partial charge in [-0.2, -0.15) is 0 Å². The van der Waals surface area contributed by atoms with E-state index in [4.69, 9.17) is 4.42 Å². The number of aromatic nitrogens is 4. The van der Waals surface area contributed by atoms with Crippen LogP contribution in [-0.4, -0.2) is 20.0 Å². The molecular formula is C16H22N4O. The molecule has 5 heteroatoms. The quantitative estimate of drug-likeness (QED) is 0.701. The third-order valence-corrected chi connectivity index (χ3v) is 2.83. The van der Waals surface area contributed by atoms with Crippen molar-refractivity contribution in [2.45, 2.75) is 47.1 Å². The SMILES string of the molecule is CCC.Cc1coc(-c2ccc3c(c2)nnn3C(C)C)n1. The molecule has 1 aromatic carbocycles. The van der Waals surface area contributed by atoms with E-state index in [-0.39, 0.29) is 0 Å². The number of fused-ring (bicyclic) bond motifs is 1. The molecule has 0 fully saturated rings. The van der Waals surface area contributed by atoms with Gasteiger partial charge in [0, 0.05) is 11.6 Å². The van der Waals surface area contributed by atoms with Gasteiger partial charge < -0.3 is 4.42 Å². The number of rotatable bonds is 2. The summed E-state index contributed by atoms with van der Waals surface area (Å²) in [6.07, 6.45) is 2.89. The lowest BCUT2D eigenvalue weighted by Crippen LogP contribution is -2.02. The van der Waals surface area contributed by atoms with Crippen molar-refractivity contribution >= 4 is 11.0 Å². The molecule has 0 saturated heterocycles. The zero-order chi connectivity index (χ0) is 15.4. The lowest BCUT2D eigenvalue weighted by molar-refractivity contribution is 0.530. The molecule has 0 radical (unpaired) electrons. The molecule has 0 saturated carbocycles. The molecule has 0 atom stereocenters. The molecule has 21 heavy (non-hydrogen) atoms. The van der Waals surface area contributed by atoms with E-state index in [0.717, 1.165) is 22.3 Å². The van der Waals surface area contributed by atoms with Crippen LogP contribution < -0.4 is 0 Å². The zero-order valence-electron chi connectivity index (χ0n) is 13.3. The van der Waals surface area contributed by atoms with Gasteiger partial charge in [0.15, 0.2) is 0 Å². The van der Waals surface area contributed by atoms with Crippen molar-refractivity contribution in [3.63, 3.8) is 0 Å². The highest BCUT2D eigenvalue weighted by Crippen LogP contribution is 2.23. The molecule has 0 aliphatic rings. The minimum atomic E-state index is 0.296. The van der Waals surface area contributed by atoms with Gasteiger partial charge in [-0.15, -0.1) is 5.10 Å². The summed E-state index contributed by atoms with van der Waals surface area (Å²) in [7, 11) is 0. The van der Waals surface area contributed by atoms with E-state index in [2.05, 4.69) is 43.0 Å². The van der Waals surface area contributed by atoms with Gasteiger partial charge in [-0.3, -0.25) is 0 Å². The van der Waals surface area contributed by atoms with E-state index in [1.54, 1.807) is 6.26 Å². The number of nitrogens with zero attached hydrogens (tertiary/aromatic N) is 4. The average molecular weight is 286 g/mol. The van der Waals surface area contributed by atoms with Crippen molar-refractivity contribution in [3.8, 4) is 11.5 Å². The normalized spacial score (nSPS) is 10.8. The van der Waals surface area contributed by atoms with Gasteiger partial charge in [-0.25, -0.2) is 9.67 Å². The van der Waals surface area contributed by atoms with Crippen LogP contribution in [-0.2, 0) is 0 Å².